The van der Waals surface area contributed by atoms with Crippen LogP contribution in [0.15, 0.2) is 36.5 Å². The van der Waals surface area contributed by atoms with Crippen molar-refractivity contribution in [3.8, 4) is 0 Å². The van der Waals surface area contributed by atoms with E-state index in [1.54, 1.807) is 24.4 Å². The molecular weight excluding hydrogens is 221 g/mol. The number of carbonyl (C=O) groups is 1. The van der Waals surface area contributed by atoms with Gasteiger partial charge in [-0.25, -0.2) is 4.39 Å². The number of aryl methyl sites for hydroxylation is 1. The topological polar surface area (TPSA) is 57.8 Å². The third-order valence-corrected chi connectivity index (χ3v) is 2.33. The SMILES string of the molecule is O=C(CCc1ccc(F)cc1)Nc1ccn[nH]1. The molecule has 0 saturated carbocycles. The Labute approximate surface area is 97.9 Å². The number of halogens is 1. The molecule has 1 aromatic heterocycles. The maximum atomic E-state index is 12.6. The number of benzene rings is 1. The fourth-order valence-corrected chi connectivity index (χ4v) is 1.45. The van der Waals surface area contributed by atoms with Crippen molar-refractivity contribution in [2.75, 3.05) is 5.32 Å². The van der Waals surface area contributed by atoms with E-state index < -0.39 is 0 Å². The van der Waals surface area contributed by atoms with Gasteiger partial charge in [-0.1, -0.05) is 12.1 Å². The highest BCUT2D eigenvalue weighted by Gasteiger charge is 2.03. The molecule has 1 heterocycles. The van der Waals surface area contributed by atoms with Crippen LogP contribution in [0.4, 0.5) is 10.2 Å². The van der Waals surface area contributed by atoms with Gasteiger partial charge >= 0.3 is 0 Å². The van der Waals surface area contributed by atoms with Crippen molar-refractivity contribution in [1.82, 2.24) is 10.2 Å². The van der Waals surface area contributed by atoms with Crippen molar-refractivity contribution < 1.29 is 9.18 Å². The molecular formula is C12H12FN3O. The number of aromatic amines is 1. The molecule has 2 rings (SSSR count). The first kappa shape index (κ1) is 11.3. The minimum absolute atomic E-state index is 0.0985. The van der Waals surface area contributed by atoms with Gasteiger partial charge in [-0.3, -0.25) is 9.89 Å². The molecule has 0 aliphatic rings. The van der Waals surface area contributed by atoms with Gasteiger partial charge in [-0.05, 0) is 24.1 Å². The molecule has 0 aliphatic carbocycles. The van der Waals surface area contributed by atoms with Crippen LogP contribution >= 0.6 is 0 Å². The standard InChI is InChI=1S/C12H12FN3O/c13-10-4-1-9(2-5-10)3-6-12(17)15-11-7-8-14-16-11/h1-2,4-5,7-8H,3,6H2,(H2,14,15,16,17). The molecule has 0 unspecified atom stereocenters. The average molecular weight is 233 g/mol. The van der Waals surface area contributed by atoms with Crippen molar-refractivity contribution >= 4 is 11.7 Å². The lowest BCUT2D eigenvalue weighted by molar-refractivity contribution is -0.116. The van der Waals surface area contributed by atoms with Crippen LogP contribution in [0.2, 0.25) is 0 Å². The number of hydrogen-bond acceptors (Lipinski definition) is 2. The second-order valence-corrected chi connectivity index (χ2v) is 3.64. The lowest BCUT2D eigenvalue weighted by Crippen LogP contribution is -2.12. The summed E-state index contributed by atoms with van der Waals surface area (Å²) in [6, 6.07) is 7.82. The monoisotopic (exact) mass is 233 g/mol. The number of anilines is 1. The summed E-state index contributed by atoms with van der Waals surface area (Å²) in [6.07, 6.45) is 2.50. The largest absolute Gasteiger partial charge is 0.311 e. The van der Waals surface area contributed by atoms with E-state index >= 15 is 0 Å². The lowest BCUT2D eigenvalue weighted by Gasteiger charge is -2.02. The normalized spacial score (nSPS) is 10.2. The molecule has 0 fully saturated rings. The molecule has 0 atom stereocenters. The zero-order valence-corrected chi connectivity index (χ0v) is 9.11. The molecule has 2 N–H and O–H groups in total. The van der Waals surface area contributed by atoms with Gasteiger partial charge in [0.15, 0.2) is 0 Å². The Morgan fingerprint density at radius 2 is 2.06 bits per heavy atom. The Hall–Kier alpha value is -2.17. The van der Waals surface area contributed by atoms with Gasteiger partial charge in [0.1, 0.15) is 11.6 Å². The van der Waals surface area contributed by atoms with Gasteiger partial charge in [0.2, 0.25) is 5.91 Å². The van der Waals surface area contributed by atoms with E-state index in [0.29, 0.717) is 18.7 Å². The second-order valence-electron chi connectivity index (χ2n) is 3.64. The van der Waals surface area contributed by atoms with Crippen LogP contribution in [-0.4, -0.2) is 16.1 Å². The highest BCUT2D eigenvalue weighted by molar-refractivity contribution is 5.89. The molecule has 1 amide bonds. The van der Waals surface area contributed by atoms with Crippen molar-refractivity contribution in [3.63, 3.8) is 0 Å². The van der Waals surface area contributed by atoms with Gasteiger partial charge in [-0.15, -0.1) is 0 Å². The van der Waals surface area contributed by atoms with Crippen LogP contribution in [0.5, 0.6) is 0 Å². The van der Waals surface area contributed by atoms with Gasteiger partial charge in [0, 0.05) is 12.5 Å². The summed E-state index contributed by atoms with van der Waals surface area (Å²) in [5.74, 6) is 0.211. The molecule has 17 heavy (non-hydrogen) atoms. The van der Waals surface area contributed by atoms with Crippen LogP contribution in [0.25, 0.3) is 0 Å². The van der Waals surface area contributed by atoms with E-state index in [0.717, 1.165) is 5.56 Å². The third kappa shape index (κ3) is 3.41. The molecule has 1 aromatic carbocycles. The maximum absolute atomic E-state index is 12.6. The fraction of sp³-hybridized carbons (Fsp3) is 0.167. The number of hydrogen-bond donors (Lipinski definition) is 2. The summed E-state index contributed by atoms with van der Waals surface area (Å²) < 4.78 is 12.6. The molecule has 2 aromatic rings. The summed E-state index contributed by atoms with van der Waals surface area (Å²) in [4.78, 5) is 11.5. The minimum atomic E-state index is -0.268. The summed E-state index contributed by atoms with van der Waals surface area (Å²) in [5, 5.41) is 9.04. The maximum Gasteiger partial charge on any atom is 0.225 e. The van der Waals surface area contributed by atoms with Gasteiger partial charge in [0.05, 0.1) is 6.20 Å². The molecule has 88 valence electrons. The Kier molecular flexibility index (Phi) is 3.49. The Morgan fingerprint density at radius 3 is 2.71 bits per heavy atom. The Bertz CT molecular complexity index is 479. The zero-order valence-electron chi connectivity index (χ0n) is 9.11. The van der Waals surface area contributed by atoms with Crippen LogP contribution < -0.4 is 5.32 Å². The summed E-state index contributed by atoms with van der Waals surface area (Å²) >= 11 is 0. The highest BCUT2D eigenvalue weighted by Crippen LogP contribution is 2.06. The molecule has 4 nitrogen and oxygen atoms in total. The number of aromatic nitrogens is 2. The van der Waals surface area contributed by atoms with Crippen molar-refractivity contribution in [3.05, 3.63) is 47.9 Å². The van der Waals surface area contributed by atoms with E-state index in [-0.39, 0.29) is 11.7 Å². The van der Waals surface area contributed by atoms with Crippen molar-refractivity contribution in [2.24, 2.45) is 0 Å². The van der Waals surface area contributed by atoms with E-state index in [1.165, 1.54) is 12.1 Å². The summed E-state index contributed by atoms with van der Waals surface area (Å²) in [6.45, 7) is 0. The quantitative estimate of drug-likeness (QED) is 0.849. The predicted molar refractivity (Wildman–Crippen MR) is 61.9 cm³/mol. The zero-order chi connectivity index (χ0) is 12.1. The van der Waals surface area contributed by atoms with Crippen LogP contribution in [0.3, 0.4) is 0 Å². The molecule has 0 radical (unpaired) electrons. The van der Waals surface area contributed by atoms with Crippen LogP contribution in [0, 0.1) is 5.82 Å². The first-order valence-corrected chi connectivity index (χ1v) is 5.28. The minimum Gasteiger partial charge on any atom is -0.311 e. The van der Waals surface area contributed by atoms with E-state index in [2.05, 4.69) is 15.5 Å². The lowest BCUT2D eigenvalue weighted by atomic mass is 10.1. The number of rotatable bonds is 4. The first-order valence-electron chi connectivity index (χ1n) is 5.28. The van der Waals surface area contributed by atoms with Crippen LogP contribution in [-0.2, 0) is 11.2 Å². The average Bonchev–Trinajstić information content (AvgIpc) is 2.81. The first-order chi connectivity index (χ1) is 8.24. The number of carbonyl (C=O) groups excluding carboxylic acids is 1. The smallest absolute Gasteiger partial charge is 0.225 e. The number of amides is 1. The molecule has 0 saturated heterocycles. The second kappa shape index (κ2) is 5.25. The molecule has 0 bridgehead atoms. The number of nitrogens with one attached hydrogen (secondary N) is 2. The number of H-pyrrole nitrogens is 1. The van der Waals surface area contributed by atoms with Crippen molar-refractivity contribution in [2.45, 2.75) is 12.8 Å². The molecule has 0 aliphatic heterocycles. The van der Waals surface area contributed by atoms with Crippen LogP contribution in [0.1, 0.15) is 12.0 Å². The van der Waals surface area contributed by atoms with E-state index in [1.807, 2.05) is 0 Å². The molecule has 0 spiro atoms. The highest BCUT2D eigenvalue weighted by atomic mass is 19.1. The fourth-order valence-electron chi connectivity index (χ4n) is 1.45. The summed E-state index contributed by atoms with van der Waals surface area (Å²) in [5.41, 5.74) is 0.936. The Balaban J connectivity index is 1.82. The third-order valence-electron chi connectivity index (χ3n) is 2.33. The number of nitrogens with zero attached hydrogens (tertiary/aromatic N) is 1. The molecule has 5 heteroatoms. The van der Waals surface area contributed by atoms with E-state index in [4.69, 9.17) is 0 Å². The van der Waals surface area contributed by atoms with Gasteiger partial charge < -0.3 is 5.32 Å². The van der Waals surface area contributed by atoms with E-state index in [9.17, 15) is 9.18 Å². The van der Waals surface area contributed by atoms with Gasteiger partial charge in [-0.2, -0.15) is 5.10 Å². The Morgan fingerprint density at radius 1 is 1.29 bits per heavy atom. The van der Waals surface area contributed by atoms with Gasteiger partial charge in [0.25, 0.3) is 0 Å². The predicted octanol–water partition coefficient (Wildman–Crippen LogP) is 2.12. The summed E-state index contributed by atoms with van der Waals surface area (Å²) in [7, 11) is 0. The van der Waals surface area contributed by atoms with Crippen molar-refractivity contribution in [1.29, 1.82) is 0 Å².